The second kappa shape index (κ2) is 3.98. The molecule has 1 aromatic rings. The van der Waals surface area contributed by atoms with Gasteiger partial charge in [0.25, 0.3) is 0 Å². The van der Waals surface area contributed by atoms with Crippen molar-refractivity contribution >= 4 is 39.2 Å². The van der Waals surface area contributed by atoms with Crippen LogP contribution in [-0.2, 0) is 0 Å². The predicted octanol–water partition coefficient (Wildman–Crippen LogP) is 2.32. The molecule has 0 amide bonds. The third kappa shape index (κ3) is 2.60. The zero-order valence-corrected chi connectivity index (χ0v) is 9.35. The topological polar surface area (TPSA) is 64.4 Å². The van der Waals surface area contributed by atoms with E-state index < -0.39 is 0 Å². The van der Waals surface area contributed by atoms with E-state index >= 15 is 0 Å². The van der Waals surface area contributed by atoms with Gasteiger partial charge in [-0.3, -0.25) is 0 Å². The average molecular weight is 263 g/mol. The molecule has 0 saturated carbocycles. The zero-order valence-electron chi connectivity index (χ0n) is 7.01. The summed E-state index contributed by atoms with van der Waals surface area (Å²) in [6.45, 7) is 1.89. The van der Waals surface area contributed by atoms with Gasteiger partial charge in [-0.2, -0.15) is 0 Å². The van der Waals surface area contributed by atoms with Gasteiger partial charge in [-0.1, -0.05) is 27.5 Å². The fraction of sp³-hybridized carbons (Fsp3) is 0.125. The highest BCUT2D eigenvalue weighted by Gasteiger charge is 2.04. The lowest BCUT2D eigenvalue weighted by Crippen LogP contribution is -2.22. The maximum absolute atomic E-state index is 5.93. The quantitative estimate of drug-likeness (QED) is 0.602. The molecule has 0 aromatic heterocycles. The van der Waals surface area contributed by atoms with Crippen molar-refractivity contribution < 1.29 is 0 Å². The maximum Gasteiger partial charge on any atom is 0.191 e. The molecule has 0 spiro atoms. The van der Waals surface area contributed by atoms with Crippen LogP contribution in [0.2, 0.25) is 5.02 Å². The first-order valence-corrected chi connectivity index (χ1v) is 4.73. The van der Waals surface area contributed by atoms with Crippen LogP contribution in [0.4, 0.5) is 5.69 Å². The molecule has 0 aliphatic carbocycles. The summed E-state index contributed by atoms with van der Waals surface area (Å²) in [4.78, 5) is 3.92. The van der Waals surface area contributed by atoms with Crippen LogP contribution >= 0.6 is 27.5 Å². The van der Waals surface area contributed by atoms with Crippen LogP contribution in [0, 0.1) is 6.92 Å². The Bertz CT molecular complexity index is 335. The minimum Gasteiger partial charge on any atom is -0.370 e. The smallest absolute Gasteiger partial charge is 0.191 e. The standard InChI is InChI=1S/C8H9BrClN3/c1-4-2-5(9)3-6(10)7(4)13-8(11)12/h2-3H,1H3,(H4,11,12,13). The zero-order chi connectivity index (χ0) is 10.0. The van der Waals surface area contributed by atoms with Crippen molar-refractivity contribution in [2.24, 2.45) is 16.5 Å². The van der Waals surface area contributed by atoms with Gasteiger partial charge in [0.15, 0.2) is 5.96 Å². The Hall–Kier alpha value is -0.740. The van der Waals surface area contributed by atoms with Crippen LogP contribution in [0.3, 0.4) is 0 Å². The molecule has 4 N–H and O–H groups in total. The van der Waals surface area contributed by atoms with Crippen LogP contribution in [-0.4, -0.2) is 5.96 Å². The Kier molecular flexibility index (Phi) is 3.17. The number of hydrogen-bond donors (Lipinski definition) is 2. The van der Waals surface area contributed by atoms with E-state index in [9.17, 15) is 0 Å². The highest BCUT2D eigenvalue weighted by molar-refractivity contribution is 9.10. The molecule has 3 nitrogen and oxygen atoms in total. The van der Waals surface area contributed by atoms with E-state index in [1.54, 1.807) is 6.07 Å². The summed E-state index contributed by atoms with van der Waals surface area (Å²) >= 11 is 9.25. The van der Waals surface area contributed by atoms with E-state index in [1.165, 1.54) is 0 Å². The average Bonchev–Trinajstić information content (AvgIpc) is 1.96. The number of benzene rings is 1. The second-order valence-corrected chi connectivity index (χ2v) is 3.91. The molecule has 5 heteroatoms. The van der Waals surface area contributed by atoms with E-state index in [-0.39, 0.29) is 5.96 Å². The Balaban J connectivity index is 3.29. The number of aliphatic imine (C=N–C) groups is 1. The summed E-state index contributed by atoms with van der Waals surface area (Å²) in [5.74, 6) is 0.00678. The van der Waals surface area contributed by atoms with Crippen LogP contribution in [0.25, 0.3) is 0 Å². The number of aryl methyl sites for hydroxylation is 1. The number of nitrogens with zero attached hydrogens (tertiary/aromatic N) is 1. The highest BCUT2D eigenvalue weighted by Crippen LogP contribution is 2.31. The first-order valence-electron chi connectivity index (χ1n) is 3.56. The number of hydrogen-bond acceptors (Lipinski definition) is 1. The summed E-state index contributed by atoms with van der Waals surface area (Å²) in [7, 11) is 0. The number of guanidine groups is 1. The molecule has 1 rings (SSSR count). The molecule has 0 unspecified atom stereocenters. The normalized spacial score (nSPS) is 9.77. The molecular weight excluding hydrogens is 253 g/mol. The molecular formula is C8H9BrClN3. The molecule has 0 saturated heterocycles. The van der Waals surface area contributed by atoms with E-state index in [0.29, 0.717) is 10.7 Å². The molecule has 1 aromatic carbocycles. The van der Waals surface area contributed by atoms with Crippen molar-refractivity contribution in [3.63, 3.8) is 0 Å². The Morgan fingerprint density at radius 1 is 1.46 bits per heavy atom. The number of halogens is 2. The molecule has 0 atom stereocenters. The van der Waals surface area contributed by atoms with Crippen LogP contribution in [0.5, 0.6) is 0 Å². The van der Waals surface area contributed by atoms with Crippen molar-refractivity contribution in [2.75, 3.05) is 0 Å². The molecule has 0 aliphatic rings. The molecule has 0 heterocycles. The highest BCUT2D eigenvalue weighted by atomic mass is 79.9. The number of nitrogens with two attached hydrogens (primary N) is 2. The second-order valence-electron chi connectivity index (χ2n) is 2.59. The molecule has 70 valence electrons. The Morgan fingerprint density at radius 2 is 2.08 bits per heavy atom. The van der Waals surface area contributed by atoms with Crippen molar-refractivity contribution in [2.45, 2.75) is 6.92 Å². The Labute approximate surface area is 89.9 Å². The SMILES string of the molecule is Cc1cc(Br)cc(Cl)c1N=C(N)N. The van der Waals surface area contributed by atoms with Gasteiger partial charge in [0.05, 0.1) is 10.7 Å². The summed E-state index contributed by atoms with van der Waals surface area (Å²) in [6.07, 6.45) is 0. The van der Waals surface area contributed by atoms with Crippen molar-refractivity contribution in [3.05, 3.63) is 27.2 Å². The van der Waals surface area contributed by atoms with E-state index in [0.717, 1.165) is 10.0 Å². The Morgan fingerprint density at radius 3 is 2.54 bits per heavy atom. The van der Waals surface area contributed by atoms with Gasteiger partial charge >= 0.3 is 0 Å². The van der Waals surface area contributed by atoms with E-state index in [4.69, 9.17) is 23.1 Å². The van der Waals surface area contributed by atoms with E-state index in [2.05, 4.69) is 20.9 Å². The predicted molar refractivity (Wildman–Crippen MR) is 59.4 cm³/mol. The van der Waals surface area contributed by atoms with Gasteiger partial charge in [0.1, 0.15) is 0 Å². The minimum absolute atomic E-state index is 0.00678. The van der Waals surface area contributed by atoms with Crippen molar-refractivity contribution in [1.82, 2.24) is 0 Å². The summed E-state index contributed by atoms with van der Waals surface area (Å²) in [5, 5.41) is 0.528. The molecule has 0 aliphatic heterocycles. The van der Waals surface area contributed by atoms with Gasteiger partial charge in [0, 0.05) is 4.47 Å². The maximum atomic E-state index is 5.93. The van der Waals surface area contributed by atoms with E-state index in [1.807, 2.05) is 13.0 Å². The summed E-state index contributed by atoms with van der Waals surface area (Å²) in [6, 6.07) is 3.64. The third-order valence-corrected chi connectivity index (χ3v) is 2.21. The molecule has 13 heavy (non-hydrogen) atoms. The lowest BCUT2D eigenvalue weighted by molar-refractivity contribution is 1.35. The monoisotopic (exact) mass is 261 g/mol. The van der Waals surface area contributed by atoms with Crippen molar-refractivity contribution in [3.8, 4) is 0 Å². The van der Waals surface area contributed by atoms with Gasteiger partial charge in [0.2, 0.25) is 0 Å². The minimum atomic E-state index is 0.00678. The number of rotatable bonds is 1. The van der Waals surface area contributed by atoms with Crippen LogP contribution in [0.15, 0.2) is 21.6 Å². The van der Waals surface area contributed by atoms with Gasteiger partial charge in [-0.25, -0.2) is 4.99 Å². The van der Waals surface area contributed by atoms with Gasteiger partial charge < -0.3 is 11.5 Å². The first-order chi connectivity index (χ1) is 6.00. The fourth-order valence-electron chi connectivity index (χ4n) is 0.965. The van der Waals surface area contributed by atoms with Gasteiger partial charge in [-0.05, 0) is 24.6 Å². The fourth-order valence-corrected chi connectivity index (χ4v) is 1.98. The summed E-state index contributed by atoms with van der Waals surface area (Å²) < 4.78 is 0.907. The van der Waals surface area contributed by atoms with Crippen molar-refractivity contribution in [1.29, 1.82) is 0 Å². The lowest BCUT2D eigenvalue weighted by Gasteiger charge is -2.04. The largest absolute Gasteiger partial charge is 0.370 e. The van der Waals surface area contributed by atoms with Gasteiger partial charge in [-0.15, -0.1) is 0 Å². The lowest BCUT2D eigenvalue weighted by atomic mass is 10.2. The van der Waals surface area contributed by atoms with Crippen LogP contribution in [0.1, 0.15) is 5.56 Å². The molecule has 0 fully saturated rings. The first kappa shape index (κ1) is 10.3. The molecule has 0 radical (unpaired) electrons. The molecule has 0 bridgehead atoms. The third-order valence-electron chi connectivity index (χ3n) is 1.46. The summed E-state index contributed by atoms with van der Waals surface area (Å²) in [5.41, 5.74) is 12.1. The van der Waals surface area contributed by atoms with Crippen LogP contribution < -0.4 is 11.5 Å².